The third-order valence-electron chi connectivity index (χ3n) is 5.09. The van der Waals surface area contributed by atoms with Gasteiger partial charge in [0.25, 0.3) is 0 Å². The first-order valence-electron chi connectivity index (χ1n) is 9.63. The molecule has 0 radical (unpaired) electrons. The molecule has 1 saturated heterocycles. The summed E-state index contributed by atoms with van der Waals surface area (Å²) in [6.07, 6.45) is 0. The molecule has 0 aromatic heterocycles. The molecule has 1 aromatic carbocycles. The number of carbonyl (C=O) groups excluding carboxylic acids is 1. The van der Waals surface area contributed by atoms with Gasteiger partial charge in [-0.05, 0) is 44.7 Å². The largest absolute Gasteiger partial charge is 0.354 e. The van der Waals surface area contributed by atoms with Crippen molar-refractivity contribution < 1.29 is 13.2 Å². The molecule has 0 aliphatic carbocycles. The molecule has 1 aliphatic rings. The minimum Gasteiger partial charge on any atom is -0.354 e. The minimum atomic E-state index is -3.52. The zero-order chi connectivity index (χ0) is 20.4. The van der Waals surface area contributed by atoms with Crippen LogP contribution in [-0.4, -0.2) is 62.3 Å². The third kappa shape index (κ3) is 5.09. The summed E-state index contributed by atoms with van der Waals surface area (Å²) in [7, 11) is -3.52. The van der Waals surface area contributed by atoms with Crippen molar-refractivity contribution in [3.8, 4) is 0 Å². The molecule has 1 aliphatic heterocycles. The van der Waals surface area contributed by atoms with Gasteiger partial charge in [-0.15, -0.1) is 0 Å². The monoisotopic (exact) mass is 395 g/mol. The summed E-state index contributed by atoms with van der Waals surface area (Å²) < 4.78 is 27.9. The number of carbonyl (C=O) groups is 1. The van der Waals surface area contributed by atoms with Crippen LogP contribution in [0.3, 0.4) is 0 Å². The van der Waals surface area contributed by atoms with E-state index in [1.54, 1.807) is 4.31 Å². The minimum absolute atomic E-state index is 0.00484. The summed E-state index contributed by atoms with van der Waals surface area (Å²) >= 11 is 0. The Morgan fingerprint density at radius 2 is 1.56 bits per heavy atom. The van der Waals surface area contributed by atoms with E-state index in [0.717, 1.165) is 16.7 Å². The lowest BCUT2D eigenvalue weighted by atomic mass is 10.1. The lowest BCUT2D eigenvalue weighted by Crippen LogP contribution is -2.55. The summed E-state index contributed by atoms with van der Waals surface area (Å²) in [4.78, 5) is 14.8. The van der Waals surface area contributed by atoms with Gasteiger partial charge in [-0.3, -0.25) is 9.69 Å². The van der Waals surface area contributed by atoms with E-state index in [-0.39, 0.29) is 11.9 Å². The molecule has 0 spiro atoms. The molecule has 0 bridgehead atoms. The van der Waals surface area contributed by atoms with Crippen LogP contribution in [0.25, 0.3) is 0 Å². The van der Waals surface area contributed by atoms with Crippen molar-refractivity contribution in [2.24, 2.45) is 5.92 Å². The van der Waals surface area contributed by atoms with E-state index in [9.17, 15) is 13.2 Å². The Kier molecular flexibility index (Phi) is 7.05. The van der Waals surface area contributed by atoms with Gasteiger partial charge < -0.3 is 5.32 Å². The fourth-order valence-corrected chi connectivity index (χ4v) is 5.49. The van der Waals surface area contributed by atoms with Crippen molar-refractivity contribution in [2.45, 2.75) is 52.5 Å². The van der Waals surface area contributed by atoms with Gasteiger partial charge in [-0.1, -0.05) is 31.5 Å². The van der Waals surface area contributed by atoms with Gasteiger partial charge in [0.05, 0.1) is 10.9 Å². The Hall–Kier alpha value is -1.44. The van der Waals surface area contributed by atoms with Crippen LogP contribution in [0, 0.1) is 26.7 Å². The maximum atomic E-state index is 13.2. The smallest absolute Gasteiger partial charge is 0.243 e. The molecule has 1 heterocycles. The van der Waals surface area contributed by atoms with E-state index in [4.69, 9.17) is 0 Å². The Balaban J connectivity index is 2.06. The molecule has 0 saturated carbocycles. The second-order valence-corrected chi connectivity index (χ2v) is 9.86. The Morgan fingerprint density at radius 1 is 1.04 bits per heavy atom. The predicted molar refractivity (Wildman–Crippen MR) is 108 cm³/mol. The van der Waals surface area contributed by atoms with Crippen LogP contribution in [0.15, 0.2) is 17.0 Å². The summed E-state index contributed by atoms with van der Waals surface area (Å²) in [5.74, 6) is 0.411. The summed E-state index contributed by atoms with van der Waals surface area (Å²) in [6.45, 7) is 14.2. The standard InChI is InChI=1S/C20H33N3O3S/c1-14(2)13-21-20(24)18(6)22-7-9-23(10-8-22)27(25,26)19-16(4)11-15(3)12-17(19)5/h11-12,14,18H,7-10,13H2,1-6H3,(H,21,24)/t18-/m0/s1. The maximum absolute atomic E-state index is 13.2. The van der Waals surface area contributed by atoms with Gasteiger partial charge in [-0.25, -0.2) is 8.42 Å². The van der Waals surface area contributed by atoms with Crippen molar-refractivity contribution in [2.75, 3.05) is 32.7 Å². The quantitative estimate of drug-likeness (QED) is 0.801. The molecule has 2 rings (SSSR count). The van der Waals surface area contributed by atoms with E-state index < -0.39 is 10.0 Å². The van der Waals surface area contributed by atoms with Crippen molar-refractivity contribution in [1.29, 1.82) is 0 Å². The second kappa shape index (κ2) is 8.71. The number of nitrogens with zero attached hydrogens (tertiary/aromatic N) is 2. The fourth-order valence-electron chi connectivity index (χ4n) is 3.65. The molecule has 7 heteroatoms. The number of piperazine rings is 1. The highest BCUT2D eigenvalue weighted by Crippen LogP contribution is 2.26. The maximum Gasteiger partial charge on any atom is 0.243 e. The van der Waals surface area contributed by atoms with Crippen LogP contribution >= 0.6 is 0 Å². The number of hydrogen-bond donors (Lipinski definition) is 1. The molecule has 6 nitrogen and oxygen atoms in total. The van der Waals surface area contributed by atoms with Crippen molar-refractivity contribution in [3.05, 3.63) is 28.8 Å². The number of benzene rings is 1. The van der Waals surface area contributed by atoms with E-state index in [1.165, 1.54) is 0 Å². The van der Waals surface area contributed by atoms with Crippen molar-refractivity contribution >= 4 is 15.9 Å². The number of rotatable bonds is 6. The molecular weight excluding hydrogens is 362 g/mol. The first kappa shape index (κ1) is 21.9. The molecular formula is C20H33N3O3S. The van der Waals surface area contributed by atoms with Gasteiger partial charge in [0, 0.05) is 32.7 Å². The molecule has 1 N–H and O–H groups in total. The number of hydrogen-bond acceptors (Lipinski definition) is 4. The third-order valence-corrected chi connectivity index (χ3v) is 7.29. The van der Waals surface area contributed by atoms with Crippen molar-refractivity contribution in [3.63, 3.8) is 0 Å². The molecule has 0 unspecified atom stereocenters. The SMILES string of the molecule is Cc1cc(C)c(S(=O)(=O)N2CCN([C@@H](C)C(=O)NCC(C)C)CC2)c(C)c1. The van der Waals surface area contributed by atoms with Crippen molar-refractivity contribution in [1.82, 2.24) is 14.5 Å². The number of sulfonamides is 1. The lowest BCUT2D eigenvalue weighted by Gasteiger charge is -2.37. The van der Waals surface area contributed by atoms with Gasteiger partial charge in [0.1, 0.15) is 0 Å². The average Bonchev–Trinajstić information content (AvgIpc) is 2.57. The average molecular weight is 396 g/mol. The molecule has 1 amide bonds. The highest BCUT2D eigenvalue weighted by Gasteiger charge is 2.33. The number of aryl methyl sites for hydroxylation is 3. The lowest BCUT2D eigenvalue weighted by molar-refractivity contribution is -0.126. The summed E-state index contributed by atoms with van der Waals surface area (Å²) in [5, 5.41) is 2.95. The second-order valence-electron chi connectivity index (χ2n) is 7.98. The Morgan fingerprint density at radius 3 is 2.04 bits per heavy atom. The fraction of sp³-hybridized carbons (Fsp3) is 0.650. The van der Waals surface area contributed by atoms with Gasteiger partial charge in [0.15, 0.2) is 0 Å². The summed E-state index contributed by atoms with van der Waals surface area (Å²) in [6, 6.07) is 3.57. The Bertz CT molecular complexity index is 759. The highest BCUT2D eigenvalue weighted by molar-refractivity contribution is 7.89. The van der Waals surface area contributed by atoms with Gasteiger partial charge in [0.2, 0.25) is 15.9 Å². The van der Waals surface area contributed by atoms with E-state index in [1.807, 2.05) is 39.8 Å². The van der Waals surface area contributed by atoms with Crippen LogP contribution in [0.2, 0.25) is 0 Å². The molecule has 1 atom stereocenters. The number of nitrogens with one attached hydrogen (secondary N) is 1. The van der Waals surface area contributed by atoms with Gasteiger partial charge >= 0.3 is 0 Å². The Labute approximate surface area is 164 Å². The number of amides is 1. The van der Waals surface area contributed by atoms with Crippen LogP contribution in [-0.2, 0) is 14.8 Å². The molecule has 1 fully saturated rings. The first-order valence-corrected chi connectivity index (χ1v) is 11.1. The highest BCUT2D eigenvalue weighted by atomic mass is 32.2. The zero-order valence-corrected chi connectivity index (χ0v) is 18.2. The topological polar surface area (TPSA) is 69.7 Å². The predicted octanol–water partition coefficient (Wildman–Crippen LogP) is 2.08. The van der Waals surface area contributed by atoms with Crippen LogP contribution in [0.4, 0.5) is 0 Å². The summed E-state index contributed by atoms with van der Waals surface area (Å²) in [5.41, 5.74) is 2.64. The van der Waals surface area contributed by atoms with E-state index in [2.05, 4.69) is 24.1 Å². The van der Waals surface area contributed by atoms with E-state index >= 15 is 0 Å². The normalized spacial score (nSPS) is 17.9. The zero-order valence-electron chi connectivity index (χ0n) is 17.4. The van der Waals surface area contributed by atoms with E-state index in [0.29, 0.717) is 43.5 Å². The molecule has 1 aromatic rings. The van der Waals surface area contributed by atoms with Crippen LogP contribution < -0.4 is 5.32 Å². The van der Waals surface area contributed by atoms with Crippen LogP contribution in [0.1, 0.15) is 37.5 Å². The van der Waals surface area contributed by atoms with Crippen LogP contribution in [0.5, 0.6) is 0 Å². The molecule has 152 valence electrons. The first-order chi connectivity index (χ1) is 12.5. The molecule has 27 heavy (non-hydrogen) atoms. The van der Waals surface area contributed by atoms with Gasteiger partial charge in [-0.2, -0.15) is 4.31 Å².